The average Bonchev–Trinajstić information content (AvgIpc) is 3.19. The summed E-state index contributed by atoms with van der Waals surface area (Å²) in [6.07, 6.45) is 5.15. The molecule has 0 aromatic carbocycles. The van der Waals surface area contributed by atoms with Gasteiger partial charge < -0.3 is 10.4 Å². The van der Waals surface area contributed by atoms with Crippen LogP contribution >= 0.6 is 22.7 Å². The summed E-state index contributed by atoms with van der Waals surface area (Å²) in [6.45, 7) is 0.619. The zero-order chi connectivity index (χ0) is 14.2. The van der Waals surface area contributed by atoms with Gasteiger partial charge >= 0.3 is 0 Å². The lowest BCUT2D eigenvalue weighted by Crippen LogP contribution is -2.02. The number of hydrogen-bond donors (Lipinski definition) is 2. The zero-order valence-corrected chi connectivity index (χ0v) is 12.9. The minimum absolute atomic E-state index is 0.00765. The third kappa shape index (κ3) is 2.31. The minimum atomic E-state index is -0.00765. The average molecular weight is 318 g/mol. The monoisotopic (exact) mass is 318 g/mol. The Hall–Kier alpha value is -1.57. The third-order valence-electron chi connectivity index (χ3n) is 3.67. The highest BCUT2D eigenvalue weighted by Gasteiger charge is 2.21. The molecule has 3 heterocycles. The molecule has 3 aromatic heterocycles. The third-order valence-corrected chi connectivity index (χ3v) is 5.77. The highest BCUT2D eigenvalue weighted by molar-refractivity contribution is 7.19. The predicted molar refractivity (Wildman–Crippen MR) is 84.8 cm³/mol. The van der Waals surface area contributed by atoms with Crippen LogP contribution in [-0.2, 0) is 26.0 Å². The van der Waals surface area contributed by atoms with Crippen molar-refractivity contribution in [2.24, 2.45) is 0 Å². The van der Waals surface area contributed by atoms with Gasteiger partial charge in [-0.25, -0.2) is 15.0 Å². The molecule has 0 spiro atoms. The number of nitrogens with zero attached hydrogens (tertiary/aromatic N) is 3. The van der Waals surface area contributed by atoms with Crippen LogP contribution in [0.2, 0.25) is 0 Å². The molecule has 4 rings (SSSR count). The fourth-order valence-corrected chi connectivity index (χ4v) is 4.68. The Morgan fingerprint density at radius 3 is 3.10 bits per heavy atom. The van der Waals surface area contributed by atoms with Gasteiger partial charge in [0.15, 0.2) is 0 Å². The number of nitrogens with one attached hydrogen (secondary N) is 1. The highest BCUT2D eigenvalue weighted by Crippen LogP contribution is 2.39. The second-order valence-electron chi connectivity index (χ2n) is 5.00. The van der Waals surface area contributed by atoms with E-state index in [9.17, 15) is 0 Å². The van der Waals surface area contributed by atoms with Gasteiger partial charge in [-0.3, -0.25) is 0 Å². The van der Waals surface area contributed by atoms with Gasteiger partial charge in [-0.15, -0.1) is 22.7 Å². The molecule has 0 saturated heterocycles. The molecule has 0 unspecified atom stereocenters. The van der Waals surface area contributed by atoms with Crippen LogP contribution in [0.4, 0.5) is 5.82 Å². The van der Waals surface area contributed by atoms with E-state index in [-0.39, 0.29) is 6.61 Å². The Balaban J connectivity index is 1.64. The van der Waals surface area contributed by atoms with Crippen molar-refractivity contribution in [3.8, 4) is 0 Å². The first-order chi connectivity index (χ1) is 10.3. The largest absolute Gasteiger partial charge is 0.390 e. The van der Waals surface area contributed by atoms with E-state index in [0.717, 1.165) is 27.8 Å². The molecule has 21 heavy (non-hydrogen) atoms. The van der Waals surface area contributed by atoms with Gasteiger partial charge in [0.2, 0.25) is 0 Å². The van der Waals surface area contributed by atoms with Gasteiger partial charge in [-0.05, 0) is 24.8 Å². The first-order valence-corrected chi connectivity index (χ1v) is 8.58. The minimum Gasteiger partial charge on any atom is -0.390 e. The fraction of sp³-hybridized carbons (Fsp3) is 0.357. The maximum atomic E-state index is 9.06. The molecule has 0 aliphatic heterocycles. The number of aliphatic hydroxyl groups is 1. The number of hydrogen-bond acceptors (Lipinski definition) is 7. The fourth-order valence-electron chi connectivity index (χ4n) is 2.72. The van der Waals surface area contributed by atoms with Gasteiger partial charge in [0.05, 0.1) is 24.2 Å². The van der Waals surface area contributed by atoms with Crippen LogP contribution < -0.4 is 5.32 Å². The Morgan fingerprint density at radius 2 is 2.24 bits per heavy atom. The maximum Gasteiger partial charge on any atom is 0.138 e. The lowest BCUT2D eigenvalue weighted by molar-refractivity contribution is 0.277. The number of fused-ring (bicyclic) bond motifs is 3. The van der Waals surface area contributed by atoms with E-state index < -0.39 is 0 Å². The summed E-state index contributed by atoms with van der Waals surface area (Å²) in [5.41, 5.74) is 2.15. The molecular formula is C14H14N4OS2. The van der Waals surface area contributed by atoms with Gasteiger partial charge in [0.1, 0.15) is 22.0 Å². The van der Waals surface area contributed by atoms with E-state index in [1.807, 2.05) is 5.38 Å². The van der Waals surface area contributed by atoms with Crippen LogP contribution in [0.15, 0.2) is 11.7 Å². The van der Waals surface area contributed by atoms with Crippen LogP contribution in [0.25, 0.3) is 10.2 Å². The summed E-state index contributed by atoms with van der Waals surface area (Å²) in [5.74, 6) is 0.903. The molecule has 1 aliphatic rings. The second-order valence-corrected chi connectivity index (χ2v) is 7.03. The van der Waals surface area contributed by atoms with Gasteiger partial charge in [-0.2, -0.15) is 0 Å². The number of thiazole rings is 1. The van der Waals surface area contributed by atoms with Crippen LogP contribution in [0, 0.1) is 0 Å². The summed E-state index contributed by atoms with van der Waals surface area (Å²) in [5, 5.41) is 16.5. The maximum absolute atomic E-state index is 9.06. The molecule has 0 radical (unpaired) electrons. The highest BCUT2D eigenvalue weighted by atomic mass is 32.1. The Bertz CT molecular complexity index is 795. The summed E-state index contributed by atoms with van der Waals surface area (Å²) < 4.78 is 0. The Morgan fingerprint density at radius 1 is 1.29 bits per heavy atom. The van der Waals surface area contributed by atoms with Crippen molar-refractivity contribution >= 4 is 38.7 Å². The standard InChI is InChI=1S/C14H14N4OS2/c19-5-8-6-20-11(18-8)4-15-13-12-9-2-1-3-10(9)21-14(12)17-7-16-13/h6-7,19H,1-5H2,(H,15,16,17). The van der Waals surface area contributed by atoms with E-state index >= 15 is 0 Å². The van der Waals surface area contributed by atoms with Gasteiger partial charge in [0.25, 0.3) is 0 Å². The first-order valence-electron chi connectivity index (χ1n) is 6.88. The normalized spacial score (nSPS) is 13.8. The SMILES string of the molecule is OCc1csc(CNc2ncnc3sc4c(c23)CCC4)n1. The number of aryl methyl sites for hydroxylation is 2. The van der Waals surface area contributed by atoms with Crippen LogP contribution in [0.3, 0.4) is 0 Å². The van der Waals surface area contributed by atoms with E-state index in [0.29, 0.717) is 6.54 Å². The van der Waals surface area contributed by atoms with Gasteiger partial charge in [-0.1, -0.05) is 0 Å². The Kier molecular flexibility index (Phi) is 3.33. The summed E-state index contributed by atoms with van der Waals surface area (Å²) >= 11 is 3.34. The number of aromatic nitrogens is 3. The van der Waals surface area contributed by atoms with Crippen LogP contribution in [-0.4, -0.2) is 20.1 Å². The smallest absolute Gasteiger partial charge is 0.138 e. The summed E-state index contributed by atoms with van der Waals surface area (Å²) in [6, 6.07) is 0. The summed E-state index contributed by atoms with van der Waals surface area (Å²) in [4.78, 5) is 15.7. The number of anilines is 1. The van der Waals surface area contributed by atoms with Crippen molar-refractivity contribution in [2.75, 3.05) is 5.32 Å². The van der Waals surface area contributed by atoms with E-state index in [2.05, 4.69) is 20.3 Å². The summed E-state index contributed by atoms with van der Waals surface area (Å²) in [7, 11) is 0. The van der Waals surface area contributed by atoms with Crippen molar-refractivity contribution in [3.63, 3.8) is 0 Å². The molecule has 2 N–H and O–H groups in total. The molecule has 1 aliphatic carbocycles. The molecule has 7 heteroatoms. The molecule has 0 amide bonds. The molecule has 0 saturated carbocycles. The van der Waals surface area contributed by atoms with Crippen molar-refractivity contribution in [2.45, 2.75) is 32.4 Å². The Labute approximate surface area is 129 Å². The van der Waals surface area contributed by atoms with Crippen molar-refractivity contribution in [3.05, 3.63) is 32.8 Å². The van der Waals surface area contributed by atoms with Crippen LogP contribution in [0.5, 0.6) is 0 Å². The molecule has 108 valence electrons. The van der Waals surface area contributed by atoms with Crippen molar-refractivity contribution in [1.29, 1.82) is 0 Å². The van der Waals surface area contributed by atoms with E-state index in [1.165, 1.54) is 28.7 Å². The number of rotatable bonds is 4. The van der Waals surface area contributed by atoms with Crippen LogP contribution in [0.1, 0.15) is 27.6 Å². The number of thiophene rings is 1. The molecule has 0 fully saturated rings. The first kappa shape index (κ1) is 13.1. The molecule has 5 nitrogen and oxygen atoms in total. The number of aliphatic hydroxyl groups excluding tert-OH is 1. The second kappa shape index (κ2) is 5.32. The van der Waals surface area contributed by atoms with E-state index in [4.69, 9.17) is 5.11 Å². The molecule has 0 bridgehead atoms. The molecule has 0 atom stereocenters. The predicted octanol–water partition coefficient (Wildman–Crippen LogP) is 2.74. The van der Waals surface area contributed by atoms with E-state index in [1.54, 1.807) is 29.0 Å². The molecular weight excluding hydrogens is 304 g/mol. The van der Waals surface area contributed by atoms with Gasteiger partial charge in [0, 0.05) is 10.3 Å². The zero-order valence-electron chi connectivity index (χ0n) is 11.3. The quantitative estimate of drug-likeness (QED) is 0.774. The molecule has 3 aromatic rings. The van der Waals surface area contributed by atoms with Crippen molar-refractivity contribution in [1.82, 2.24) is 15.0 Å². The topological polar surface area (TPSA) is 70.9 Å². The lowest BCUT2D eigenvalue weighted by atomic mass is 10.2. The lowest BCUT2D eigenvalue weighted by Gasteiger charge is -2.05. The van der Waals surface area contributed by atoms with Crippen molar-refractivity contribution < 1.29 is 5.11 Å².